The normalized spacial score (nSPS) is 11.4. The van der Waals surface area contributed by atoms with Gasteiger partial charge in [0, 0.05) is 18.2 Å². The first-order valence-electron chi connectivity index (χ1n) is 6.18. The Balaban J connectivity index is 2.78. The molecule has 1 aromatic rings. The van der Waals surface area contributed by atoms with Gasteiger partial charge in [-0.2, -0.15) is 4.39 Å². The van der Waals surface area contributed by atoms with E-state index < -0.39 is 23.1 Å². The summed E-state index contributed by atoms with van der Waals surface area (Å²) in [6.07, 6.45) is 2.38. The van der Waals surface area contributed by atoms with Gasteiger partial charge >= 0.3 is 0 Å². The average molecular weight is 272 g/mol. The first-order chi connectivity index (χ1) is 8.99. The van der Waals surface area contributed by atoms with Crippen LogP contribution in [0.2, 0.25) is 0 Å². The lowest BCUT2D eigenvalue weighted by Gasteiger charge is -2.29. The summed E-state index contributed by atoms with van der Waals surface area (Å²) in [6, 6.07) is 1.12. The third-order valence-corrected chi connectivity index (χ3v) is 3.55. The maximum Gasteiger partial charge on any atom is 0.254 e. The van der Waals surface area contributed by atoms with Gasteiger partial charge in [-0.3, -0.25) is 4.79 Å². The number of rotatable bonds is 6. The Morgan fingerprint density at radius 1 is 1.42 bits per heavy atom. The highest BCUT2D eigenvalue weighted by molar-refractivity contribution is 5.94. The zero-order valence-electron chi connectivity index (χ0n) is 11.0. The molecule has 1 amide bonds. The van der Waals surface area contributed by atoms with Crippen LogP contribution >= 0.6 is 0 Å². The molecule has 0 bridgehead atoms. The predicted octanol–water partition coefficient (Wildman–Crippen LogP) is 1.89. The van der Waals surface area contributed by atoms with E-state index in [2.05, 4.69) is 10.3 Å². The van der Waals surface area contributed by atoms with Crippen LogP contribution in [0.25, 0.3) is 0 Å². The minimum atomic E-state index is -1.30. The van der Waals surface area contributed by atoms with Crippen LogP contribution in [0, 0.1) is 17.2 Å². The molecule has 0 atom stereocenters. The monoisotopic (exact) mass is 272 g/mol. The van der Waals surface area contributed by atoms with Gasteiger partial charge in [-0.05, 0) is 18.9 Å². The molecule has 1 heterocycles. The van der Waals surface area contributed by atoms with Crippen molar-refractivity contribution in [3.63, 3.8) is 0 Å². The van der Waals surface area contributed by atoms with Crippen LogP contribution in [0.4, 0.5) is 8.78 Å². The lowest BCUT2D eigenvalue weighted by molar-refractivity contribution is 0.0846. The molecule has 0 saturated carbocycles. The van der Waals surface area contributed by atoms with E-state index in [1.54, 1.807) is 0 Å². The van der Waals surface area contributed by atoms with Gasteiger partial charge in [-0.25, -0.2) is 9.37 Å². The number of aliphatic hydroxyl groups is 1. The Morgan fingerprint density at radius 2 is 2.05 bits per heavy atom. The van der Waals surface area contributed by atoms with Crippen molar-refractivity contribution in [3.05, 3.63) is 29.6 Å². The number of hydrogen-bond donors (Lipinski definition) is 2. The summed E-state index contributed by atoms with van der Waals surface area (Å²) in [5, 5.41) is 11.9. The highest BCUT2D eigenvalue weighted by Crippen LogP contribution is 2.24. The van der Waals surface area contributed by atoms with Crippen molar-refractivity contribution < 1.29 is 18.7 Å². The summed E-state index contributed by atoms with van der Waals surface area (Å²) in [7, 11) is 0. The molecule has 0 spiro atoms. The standard InChI is InChI=1S/C13H18F2N2O2/c1-3-13(4-2,8-18)7-17-12(19)9-5-6-16-11(15)10(9)14/h5-6,18H,3-4,7-8H2,1-2H3,(H,17,19). The van der Waals surface area contributed by atoms with Crippen LogP contribution in [0.5, 0.6) is 0 Å². The molecular weight excluding hydrogens is 254 g/mol. The summed E-state index contributed by atoms with van der Waals surface area (Å²) in [5.41, 5.74) is -0.816. The smallest absolute Gasteiger partial charge is 0.254 e. The van der Waals surface area contributed by atoms with Crippen molar-refractivity contribution in [1.82, 2.24) is 10.3 Å². The van der Waals surface area contributed by atoms with E-state index in [0.717, 1.165) is 12.3 Å². The Labute approximate surface area is 110 Å². The fourth-order valence-corrected chi connectivity index (χ4v) is 1.74. The van der Waals surface area contributed by atoms with Gasteiger partial charge in [-0.15, -0.1) is 0 Å². The Hall–Kier alpha value is -1.56. The fourth-order valence-electron chi connectivity index (χ4n) is 1.74. The molecule has 0 aliphatic heterocycles. The second-order valence-corrected chi connectivity index (χ2v) is 4.51. The van der Waals surface area contributed by atoms with Crippen LogP contribution in [0.3, 0.4) is 0 Å². The lowest BCUT2D eigenvalue weighted by atomic mass is 9.83. The maximum atomic E-state index is 13.4. The van der Waals surface area contributed by atoms with Gasteiger partial charge in [0.15, 0.2) is 5.82 Å². The summed E-state index contributed by atoms with van der Waals surface area (Å²) in [4.78, 5) is 14.9. The first-order valence-corrected chi connectivity index (χ1v) is 6.18. The molecule has 19 heavy (non-hydrogen) atoms. The molecular formula is C13H18F2N2O2. The summed E-state index contributed by atoms with van der Waals surface area (Å²) in [5.74, 6) is -3.27. The summed E-state index contributed by atoms with van der Waals surface area (Å²) in [6.45, 7) is 3.93. The van der Waals surface area contributed by atoms with Gasteiger partial charge in [0.05, 0.1) is 12.2 Å². The number of carbonyl (C=O) groups excluding carboxylic acids is 1. The van der Waals surface area contributed by atoms with E-state index in [0.29, 0.717) is 12.8 Å². The second kappa shape index (κ2) is 6.56. The number of aromatic nitrogens is 1. The highest BCUT2D eigenvalue weighted by Gasteiger charge is 2.26. The van der Waals surface area contributed by atoms with E-state index in [4.69, 9.17) is 0 Å². The molecule has 0 aliphatic carbocycles. The van der Waals surface area contributed by atoms with Gasteiger partial charge in [-0.1, -0.05) is 13.8 Å². The predicted molar refractivity (Wildman–Crippen MR) is 66.6 cm³/mol. The number of hydrogen-bond acceptors (Lipinski definition) is 3. The SMILES string of the molecule is CCC(CC)(CO)CNC(=O)c1ccnc(F)c1F. The van der Waals surface area contributed by atoms with E-state index >= 15 is 0 Å². The van der Waals surface area contributed by atoms with E-state index in [1.165, 1.54) is 0 Å². The third-order valence-electron chi connectivity index (χ3n) is 3.55. The van der Waals surface area contributed by atoms with Gasteiger partial charge < -0.3 is 10.4 Å². The molecule has 1 rings (SSSR count). The van der Waals surface area contributed by atoms with Crippen LogP contribution in [0.1, 0.15) is 37.0 Å². The van der Waals surface area contributed by atoms with Crippen molar-refractivity contribution in [2.45, 2.75) is 26.7 Å². The average Bonchev–Trinajstić information content (AvgIpc) is 2.44. The number of nitrogens with zero attached hydrogens (tertiary/aromatic N) is 1. The minimum Gasteiger partial charge on any atom is -0.396 e. The quantitative estimate of drug-likeness (QED) is 0.777. The fraction of sp³-hybridized carbons (Fsp3) is 0.538. The number of amides is 1. The topological polar surface area (TPSA) is 62.2 Å². The molecule has 1 aromatic heterocycles. The summed E-state index contributed by atoms with van der Waals surface area (Å²) >= 11 is 0. The number of carbonyl (C=O) groups is 1. The van der Waals surface area contributed by atoms with Gasteiger partial charge in [0.2, 0.25) is 5.95 Å². The Kier molecular flexibility index (Phi) is 5.35. The number of halogens is 2. The van der Waals surface area contributed by atoms with Crippen molar-refractivity contribution in [3.8, 4) is 0 Å². The molecule has 0 saturated heterocycles. The molecule has 0 fully saturated rings. The van der Waals surface area contributed by atoms with Crippen LogP contribution in [-0.2, 0) is 0 Å². The van der Waals surface area contributed by atoms with E-state index in [9.17, 15) is 18.7 Å². The Bertz CT molecular complexity index is 440. The largest absolute Gasteiger partial charge is 0.396 e. The van der Waals surface area contributed by atoms with Gasteiger partial charge in [0.1, 0.15) is 0 Å². The summed E-state index contributed by atoms with van der Waals surface area (Å²) < 4.78 is 26.3. The second-order valence-electron chi connectivity index (χ2n) is 4.51. The zero-order chi connectivity index (χ0) is 14.5. The molecule has 0 radical (unpaired) electrons. The third kappa shape index (κ3) is 3.47. The van der Waals surface area contributed by atoms with E-state index in [-0.39, 0.29) is 18.7 Å². The van der Waals surface area contributed by atoms with Crippen molar-refractivity contribution in [2.24, 2.45) is 5.41 Å². The lowest BCUT2D eigenvalue weighted by Crippen LogP contribution is -2.39. The van der Waals surface area contributed by atoms with Crippen LogP contribution in [-0.4, -0.2) is 29.1 Å². The molecule has 6 heteroatoms. The van der Waals surface area contributed by atoms with Crippen molar-refractivity contribution in [1.29, 1.82) is 0 Å². The van der Waals surface area contributed by atoms with E-state index in [1.807, 2.05) is 13.8 Å². The first kappa shape index (κ1) is 15.5. The highest BCUT2D eigenvalue weighted by atomic mass is 19.2. The molecule has 4 nitrogen and oxygen atoms in total. The minimum absolute atomic E-state index is 0.0759. The maximum absolute atomic E-state index is 13.4. The molecule has 2 N–H and O–H groups in total. The number of nitrogens with one attached hydrogen (secondary N) is 1. The van der Waals surface area contributed by atoms with Crippen LogP contribution < -0.4 is 5.32 Å². The molecule has 0 aromatic carbocycles. The molecule has 0 unspecified atom stereocenters. The van der Waals surface area contributed by atoms with Crippen molar-refractivity contribution >= 4 is 5.91 Å². The number of pyridine rings is 1. The number of aliphatic hydroxyl groups excluding tert-OH is 1. The molecule has 0 aliphatic rings. The molecule has 106 valence electrons. The van der Waals surface area contributed by atoms with Crippen molar-refractivity contribution in [2.75, 3.05) is 13.2 Å². The van der Waals surface area contributed by atoms with Gasteiger partial charge in [0.25, 0.3) is 5.91 Å². The van der Waals surface area contributed by atoms with Crippen LogP contribution in [0.15, 0.2) is 12.3 Å². The Morgan fingerprint density at radius 3 is 2.58 bits per heavy atom. The zero-order valence-corrected chi connectivity index (χ0v) is 11.0.